The van der Waals surface area contributed by atoms with Crippen LogP contribution in [0.1, 0.15) is 30.5 Å². The van der Waals surface area contributed by atoms with Gasteiger partial charge in [0.25, 0.3) is 0 Å². The fourth-order valence-corrected chi connectivity index (χ4v) is 5.30. The molecule has 1 aliphatic carbocycles. The van der Waals surface area contributed by atoms with Crippen LogP contribution in [0.4, 0.5) is 0 Å². The molecule has 2 aromatic rings. The van der Waals surface area contributed by atoms with Crippen LogP contribution in [0.25, 0.3) is 0 Å². The van der Waals surface area contributed by atoms with E-state index in [1.54, 1.807) is 11.3 Å². The SMILES string of the molecule is CN(Cc1cscn1)C(=O)C1CC12CCN(Cc1ccc3c(c1)OCCO3)CC2. The van der Waals surface area contributed by atoms with E-state index in [0.29, 0.717) is 25.7 Å². The average molecular weight is 414 g/mol. The van der Waals surface area contributed by atoms with Gasteiger partial charge in [-0.2, -0.15) is 0 Å². The first-order chi connectivity index (χ1) is 14.1. The van der Waals surface area contributed by atoms with E-state index < -0.39 is 0 Å². The predicted octanol–water partition coefficient (Wildman–Crippen LogP) is 3.18. The highest BCUT2D eigenvalue weighted by atomic mass is 32.1. The Labute approximate surface area is 175 Å². The fraction of sp³-hybridized carbons (Fsp3) is 0.545. The van der Waals surface area contributed by atoms with Crippen LogP contribution in [0.15, 0.2) is 29.1 Å². The van der Waals surface area contributed by atoms with E-state index >= 15 is 0 Å². The second kappa shape index (κ2) is 7.61. The number of rotatable bonds is 5. The highest BCUT2D eigenvalue weighted by Crippen LogP contribution is 2.60. The Kier molecular flexibility index (Phi) is 4.95. The summed E-state index contributed by atoms with van der Waals surface area (Å²) in [7, 11) is 1.91. The van der Waals surface area contributed by atoms with Crippen LogP contribution in [0, 0.1) is 11.3 Å². The lowest BCUT2D eigenvalue weighted by Crippen LogP contribution is -2.37. The molecule has 5 rings (SSSR count). The Morgan fingerprint density at radius 2 is 2.07 bits per heavy atom. The van der Waals surface area contributed by atoms with Crippen LogP contribution >= 0.6 is 11.3 Å². The molecule has 2 aliphatic heterocycles. The van der Waals surface area contributed by atoms with Gasteiger partial charge in [-0.1, -0.05) is 6.07 Å². The second-order valence-corrected chi connectivity index (χ2v) is 9.27. The number of carbonyl (C=O) groups excluding carboxylic acids is 1. The molecule has 7 heteroatoms. The summed E-state index contributed by atoms with van der Waals surface area (Å²) in [4.78, 5) is 21.5. The standard InChI is InChI=1S/C22H27N3O3S/c1-24(13-17-14-29-15-23-17)21(26)18-11-22(18)4-6-25(7-5-22)12-16-2-3-19-20(10-16)28-9-8-27-19/h2-3,10,14-15,18H,4-9,11-13H2,1H3. The summed E-state index contributed by atoms with van der Waals surface area (Å²) < 4.78 is 11.3. The number of piperidine rings is 1. The van der Waals surface area contributed by atoms with E-state index in [1.807, 2.05) is 28.9 Å². The largest absolute Gasteiger partial charge is 0.486 e. The van der Waals surface area contributed by atoms with Crippen molar-refractivity contribution in [3.63, 3.8) is 0 Å². The summed E-state index contributed by atoms with van der Waals surface area (Å²) in [6.45, 7) is 4.89. The van der Waals surface area contributed by atoms with Crippen LogP contribution < -0.4 is 9.47 Å². The van der Waals surface area contributed by atoms with Crippen LogP contribution in [0.5, 0.6) is 11.5 Å². The van der Waals surface area contributed by atoms with Crippen LogP contribution in [-0.4, -0.2) is 54.0 Å². The summed E-state index contributed by atoms with van der Waals surface area (Å²) in [6.07, 6.45) is 3.27. The van der Waals surface area contributed by atoms with Crippen LogP contribution in [-0.2, 0) is 17.9 Å². The molecule has 3 aliphatic rings. The number of amides is 1. The molecule has 29 heavy (non-hydrogen) atoms. The Bertz CT molecular complexity index is 877. The van der Waals surface area contributed by atoms with Crippen molar-refractivity contribution in [2.45, 2.75) is 32.4 Å². The maximum absolute atomic E-state index is 12.9. The van der Waals surface area contributed by atoms with Gasteiger partial charge in [-0.3, -0.25) is 9.69 Å². The molecule has 1 spiro atoms. The minimum Gasteiger partial charge on any atom is -0.486 e. The number of nitrogens with zero attached hydrogens (tertiary/aromatic N) is 3. The second-order valence-electron chi connectivity index (χ2n) is 8.55. The smallest absolute Gasteiger partial charge is 0.226 e. The first-order valence-corrected chi connectivity index (χ1v) is 11.3. The van der Waals surface area contributed by atoms with E-state index in [-0.39, 0.29) is 11.3 Å². The highest BCUT2D eigenvalue weighted by Gasteiger charge is 2.58. The summed E-state index contributed by atoms with van der Waals surface area (Å²) in [5.74, 6) is 2.19. The molecular formula is C22H27N3O3S. The van der Waals surface area contributed by atoms with Gasteiger partial charge >= 0.3 is 0 Å². The lowest BCUT2D eigenvalue weighted by atomic mass is 9.90. The number of ether oxygens (including phenoxy) is 2. The van der Waals surface area contributed by atoms with Crippen molar-refractivity contribution in [2.24, 2.45) is 11.3 Å². The van der Waals surface area contributed by atoms with Gasteiger partial charge in [0.05, 0.1) is 17.7 Å². The van der Waals surface area contributed by atoms with Crippen molar-refractivity contribution in [1.82, 2.24) is 14.8 Å². The highest BCUT2D eigenvalue weighted by molar-refractivity contribution is 7.07. The van der Waals surface area contributed by atoms with E-state index in [1.165, 1.54) is 5.56 Å². The Hall–Kier alpha value is -2.12. The van der Waals surface area contributed by atoms with Gasteiger partial charge in [-0.25, -0.2) is 4.98 Å². The van der Waals surface area contributed by atoms with Gasteiger partial charge in [-0.05, 0) is 55.5 Å². The topological polar surface area (TPSA) is 54.9 Å². The van der Waals surface area contributed by atoms with Crippen molar-refractivity contribution < 1.29 is 14.3 Å². The molecule has 1 aromatic heterocycles. The van der Waals surface area contributed by atoms with E-state index in [0.717, 1.165) is 56.1 Å². The molecule has 1 saturated carbocycles. The van der Waals surface area contributed by atoms with Crippen molar-refractivity contribution in [2.75, 3.05) is 33.4 Å². The zero-order valence-electron chi connectivity index (χ0n) is 16.8. The number of fused-ring (bicyclic) bond motifs is 1. The van der Waals surface area contributed by atoms with Gasteiger partial charge in [-0.15, -0.1) is 11.3 Å². The van der Waals surface area contributed by atoms with Crippen LogP contribution in [0.2, 0.25) is 0 Å². The van der Waals surface area contributed by atoms with E-state index in [2.05, 4.69) is 22.0 Å². The Morgan fingerprint density at radius 1 is 1.28 bits per heavy atom. The molecule has 1 aromatic carbocycles. The normalized spacial score (nSPS) is 22.4. The van der Waals surface area contributed by atoms with Crippen molar-refractivity contribution >= 4 is 17.2 Å². The zero-order valence-corrected chi connectivity index (χ0v) is 17.6. The van der Waals surface area contributed by atoms with Gasteiger partial charge < -0.3 is 14.4 Å². The Morgan fingerprint density at radius 3 is 2.83 bits per heavy atom. The molecule has 2 fully saturated rings. The molecule has 1 amide bonds. The molecule has 154 valence electrons. The van der Waals surface area contributed by atoms with Crippen molar-refractivity contribution in [1.29, 1.82) is 0 Å². The molecule has 3 heterocycles. The summed E-state index contributed by atoms with van der Waals surface area (Å²) in [5.41, 5.74) is 4.30. The average Bonchev–Trinajstić information content (AvgIpc) is 3.18. The minimum atomic E-state index is 0.197. The minimum absolute atomic E-state index is 0.197. The summed E-state index contributed by atoms with van der Waals surface area (Å²) in [6, 6.07) is 6.26. The van der Waals surface area contributed by atoms with E-state index in [9.17, 15) is 4.79 Å². The quantitative estimate of drug-likeness (QED) is 0.754. The zero-order chi connectivity index (χ0) is 19.8. The molecule has 0 N–H and O–H groups in total. The maximum Gasteiger partial charge on any atom is 0.226 e. The number of hydrogen-bond donors (Lipinski definition) is 0. The molecule has 0 radical (unpaired) electrons. The first kappa shape index (κ1) is 18.9. The molecule has 0 bridgehead atoms. The third-order valence-corrected chi connectivity index (χ3v) is 7.25. The monoisotopic (exact) mass is 413 g/mol. The number of benzene rings is 1. The van der Waals surface area contributed by atoms with Crippen molar-refractivity contribution in [3.05, 3.63) is 40.3 Å². The van der Waals surface area contributed by atoms with E-state index in [4.69, 9.17) is 9.47 Å². The maximum atomic E-state index is 12.9. The number of aromatic nitrogens is 1. The molecule has 1 saturated heterocycles. The number of thiazole rings is 1. The Balaban J connectivity index is 1.14. The van der Waals surface area contributed by atoms with Gasteiger partial charge in [0.2, 0.25) is 5.91 Å². The third-order valence-electron chi connectivity index (χ3n) is 6.61. The summed E-state index contributed by atoms with van der Waals surface area (Å²) in [5, 5.41) is 2.02. The molecular weight excluding hydrogens is 386 g/mol. The van der Waals surface area contributed by atoms with Crippen molar-refractivity contribution in [3.8, 4) is 11.5 Å². The van der Waals surface area contributed by atoms with Gasteiger partial charge in [0.15, 0.2) is 11.5 Å². The lowest BCUT2D eigenvalue weighted by molar-refractivity contribution is -0.133. The third kappa shape index (κ3) is 3.85. The van der Waals surface area contributed by atoms with Gasteiger partial charge in [0.1, 0.15) is 13.2 Å². The summed E-state index contributed by atoms with van der Waals surface area (Å²) >= 11 is 1.58. The molecule has 1 atom stereocenters. The number of carbonyl (C=O) groups is 1. The lowest BCUT2D eigenvalue weighted by Gasteiger charge is -2.33. The number of hydrogen-bond acceptors (Lipinski definition) is 6. The predicted molar refractivity (Wildman–Crippen MR) is 111 cm³/mol. The number of likely N-dealkylation sites (tertiary alicyclic amines) is 1. The molecule has 1 unspecified atom stereocenters. The van der Waals surface area contributed by atoms with Gasteiger partial charge in [0, 0.05) is 24.9 Å². The fourth-order valence-electron chi connectivity index (χ4n) is 4.75. The first-order valence-electron chi connectivity index (χ1n) is 10.4. The molecule has 6 nitrogen and oxygen atoms in total. The van der Waals surface area contributed by atoms with Crippen LogP contribution in [0.3, 0.4) is 0 Å².